The number of hydrogen-bond acceptors (Lipinski definition) is 5. The lowest BCUT2D eigenvalue weighted by molar-refractivity contribution is 0.287. The van der Waals surface area contributed by atoms with Gasteiger partial charge in [-0.15, -0.1) is 0 Å². The first-order chi connectivity index (χ1) is 11.4. The molecule has 0 bridgehead atoms. The Morgan fingerprint density at radius 2 is 2.08 bits per heavy atom. The molecule has 1 fully saturated rings. The fraction of sp³-hybridized carbons (Fsp3) is 0.471. The van der Waals surface area contributed by atoms with E-state index in [9.17, 15) is 8.42 Å². The predicted molar refractivity (Wildman–Crippen MR) is 91.8 cm³/mol. The summed E-state index contributed by atoms with van der Waals surface area (Å²) < 4.78 is 31.9. The van der Waals surface area contributed by atoms with Crippen molar-refractivity contribution in [1.29, 1.82) is 0 Å². The number of likely N-dealkylation sites (N-methyl/N-ethyl adjacent to an activating group) is 1. The Morgan fingerprint density at radius 3 is 2.75 bits per heavy atom. The summed E-state index contributed by atoms with van der Waals surface area (Å²) in [6.45, 7) is 4.14. The van der Waals surface area contributed by atoms with Gasteiger partial charge >= 0.3 is 0 Å². The molecule has 6 nitrogen and oxygen atoms in total. The highest BCUT2D eigenvalue weighted by molar-refractivity contribution is 7.88. The third-order valence-corrected chi connectivity index (χ3v) is 6.33. The Morgan fingerprint density at radius 1 is 1.33 bits per heavy atom. The maximum Gasteiger partial charge on any atom is 0.218 e. The van der Waals surface area contributed by atoms with E-state index in [1.165, 1.54) is 4.31 Å². The van der Waals surface area contributed by atoms with E-state index in [4.69, 9.17) is 4.52 Å². The van der Waals surface area contributed by atoms with E-state index in [2.05, 4.69) is 10.1 Å². The number of hydrogen-bond donors (Lipinski definition) is 0. The van der Waals surface area contributed by atoms with Gasteiger partial charge in [-0.25, -0.2) is 12.7 Å². The SMILES string of the molecule is Cc1cc(CN2CCC(N(C)S(=O)(=O)Cc3ccccc3)C2)no1. The van der Waals surface area contributed by atoms with E-state index >= 15 is 0 Å². The van der Waals surface area contributed by atoms with Crippen molar-refractivity contribution < 1.29 is 12.9 Å². The van der Waals surface area contributed by atoms with Crippen LogP contribution in [0.4, 0.5) is 0 Å². The topological polar surface area (TPSA) is 66.7 Å². The van der Waals surface area contributed by atoms with Crippen molar-refractivity contribution in [2.45, 2.75) is 31.7 Å². The van der Waals surface area contributed by atoms with Crippen LogP contribution < -0.4 is 0 Å². The zero-order valence-corrected chi connectivity index (χ0v) is 14.9. The van der Waals surface area contributed by atoms with Gasteiger partial charge in [-0.1, -0.05) is 35.5 Å². The molecule has 1 atom stereocenters. The quantitative estimate of drug-likeness (QED) is 0.798. The van der Waals surface area contributed by atoms with Gasteiger partial charge in [0, 0.05) is 38.8 Å². The van der Waals surface area contributed by atoms with Gasteiger partial charge < -0.3 is 4.52 Å². The lowest BCUT2D eigenvalue weighted by Crippen LogP contribution is -2.39. The van der Waals surface area contributed by atoms with Gasteiger partial charge in [0.15, 0.2) is 0 Å². The van der Waals surface area contributed by atoms with Crippen molar-refractivity contribution in [3.8, 4) is 0 Å². The molecule has 1 aliphatic heterocycles. The Bertz CT molecular complexity index is 773. The maximum absolute atomic E-state index is 12.6. The number of rotatable bonds is 6. The Labute approximate surface area is 143 Å². The fourth-order valence-electron chi connectivity index (χ4n) is 3.09. The van der Waals surface area contributed by atoms with Crippen LogP contribution in [-0.2, 0) is 22.3 Å². The summed E-state index contributed by atoms with van der Waals surface area (Å²) in [6, 6.07) is 11.2. The monoisotopic (exact) mass is 349 g/mol. The molecular weight excluding hydrogens is 326 g/mol. The molecule has 0 amide bonds. The Kier molecular flexibility index (Phi) is 5.03. The summed E-state index contributed by atoms with van der Waals surface area (Å²) in [4.78, 5) is 2.22. The van der Waals surface area contributed by atoms with Gasteiger partial charge in [0.2, 0.25) is 10.0 Å². The molecule has 0 saturated carbocycles. The first-order valence-electron chi connectivity index (χ1n) is 8.08. The fourth-order valence-corrected chi connectivity index (χ4v) is 4.53. The third-order valence-electron chi connectivity index (χ3n) is 4.45. The van der Waals surface area contributed by atoms with Crippen LogP contribution in [0.5, 0.6) is 0 Å². The average molecular weight is 349 g/mol. The second-order valence-electron chi connectivity index (χ2n) is 6.36. The van der Waals surface area contributed by atoms with Crippen molar-refractivity contribution in [2.75, 3.05) is 20.1 Å². The zero-order valence-electron chi connectivity index (χ0n) is 14.1. The summed E-state index contributed by atoms with van der Waals surface area (Å²) in [6.07, 6.45) is 0.835. The van der Waals surface area contributed by atoms with E-state index in [1.807, 2.05) is 43.3 Å². The third kappa shape index (κ3) is 4.03. The van der Waals surface area contributed by atoms with Crippen LogP contribution in [-0.4, -0.2) is 49.0 Å². The number of benzene rings is 1. The molecule has 3 rings (SSSR count). The summed E-state index contributed by atoms with van der Waals surface area (Å²) in [5, 5.41) is 4.01. The van der Waals surface area contributed by atoms with Gasteiger partial charge in [-0.2, -0.15) is 0 Å². The van der Waals surface area contributed by atoms with Gasteiger partial charge in [0.1, 0.15) is 5.76 Å². The van der Waals surface area contributed by atoms with Crippen molar-refractivity contribution in [1.82, 2.24) is 14.4 Å². The molecule has 0 spiro atoms. The van der Waals surface area contributed by atoms with Gasteiger partial charge in [-0.3, -0.25) is 4.90 Å². The molecule has 1 saturated heterocycles. The van der Waals surface area contributed by atoms with Crippen molar-refractivity contribution in [2.24, 2.45) is 0 Å². The highest BCUT2D eigenvalue weighted by Crippen LogP contribution is 2.21. The maximum atomic E-state index is 12.6. The van der Waals surface area contributed by atoms with Crippen LogP contribution in [0, 0.1) is 6.92 Å². The van der Waals surface area contributed by atoms with E-state index in [0.29, 0.717) is 6.54 Å². The minimum absolute atomic E-state index is 0.00621. The molecule has 1 unspecified atom stereocenters. The van der Waals surface area contributed by atoms with Crippen LogP contribution in [0.3, 0.4) is 0 Å². The summed E-state index contributed by atoms with van der Waals surface area (Å²) >= 11 is 0. The first kappa shape index (κ1) is 17.1. The Balaban J connectivity index is 1.60. The van der Waals surface area contributed by atoms with Crippen LogP contribution >= 0.6 is 0 Å². The minimum Gasteiger partial charge on any atom is -0.361 e. The van der Waals surface area contributed by atoms with Gasteiger partial charge in [0.25, 0.3) is 0 Å². The van der Waals surface area contributed by atoms with Gasteiger partial charge in [0.05, 0.1) is 11.4 Å². The van der Waals surface area contributed by atoms with E-state index < -0.39 is 10.0 Å². The summed E-state index contributed by atoms with van der Waals surface area (Å²) in [7, 11) is -1.63. The molecule has 1 aromatic carbocycles. The van der Waals surface area contributed by atoms with Crippen LogP contribution in [0.25, 0.3) is 0 Å². The molecule has 0 radical (unpaired) electrons. The lowest BCUT2D eigenvalue weighted by Gasteiger charge is -2.24. The highest BCUT2D eigenvalue weighted by Gasteiger charge is 2.32. The molecule has 24 heavy (non-hydrogen) atoms. The Hall–Kier alpha value is -1.70. The molecule has 2 heterocycles. The zero-order chi connectivity index (χ0) is 17.2. The van der Waals surface area contributed by atoms with Crippen molar-refractivity contribution >= 4 is 10.0 Å². The van der Waals surface area contributed by atoms with E-state index in [0.717, 1.165) is 36.5 Å². The number of likely N-dealkylation sites (tertiary alicyclic amines) is 1. The molecular formula is C17H23N3O3S. The summed E-state index contributed by atoms with van der Waals surface area (Å²) in [5.74, 6) is 0.840. The second-order valence-corrected chi connectivity index (χ2v) is 8.39. The number of nitrogens with zero attached hydrogens (tertiary/aromatic N) is 3. The van der Waals surface area contributed by atoms with Crippen molar-refractivity contribution in [3.05, 3.63) is 53.4 Å². The van der Waals surface area contributed by atoms with Crippen LogP contribution in [0.1, 0.15) is 23.4 Å². The standard InChI is InChI=1S/C17H23N3O3S/c1-14-10-16(18-23-14)11-20-9-8-17(12-20)19(2)24(21,22)13-15-6-4-3-5-7-15/h3-7,10,17H,8-9,11-13H2,1-2H3. The van der Waals surface area contributed by atoms with Gasteiger partial charge in [-0.05, 0) is 18.9 Å². The molecule has 1 aliphatic rings. The minimum atomic E-state index is -3.32. The lowest BCUT2D eigenvalue weighted by atomic mass is 10.2. The second kappa shape index (κ2) is 7.04. The van der Waals surface area contributed by atoms with Crippen LogP contribution in [0.2, 0.25) is 0 Å². The number of aromatic nitrogens is 1. The molecule has 0 aliphatic carbocycles. The largest absolute Gasteiger partial charge is 0.361 e. The molecule has 130 valence electrons. The molecule has 2 aromatic rings. The average Bonchev–Trinajstić information content (AvgIpc) is 3.17. The predicted octanol–water partition coefficient (Wildman–Crippen LogP) is 2.02. The molecule has 1 aromatic heterocycles. The van der Waals surface area contributed by atoms with Crippen molar-refractivity contribution in [3.63, 3.8) is 0 Å². The number of sulfonamides is 1. The normalized spacial score (nSPS) is 19.2. The van der Waals surface area contributed by atoms with Crippen LogP contribution in [0.15, 0.2) is 40.9 Å². The summed E-state index contributed by atoms with van der Waals surface area (Å²) in [5.41, 5.74) is 1.71. The van der Waals surface area contributed by atoms with E-state index in [1.54, 1.807) is 7.05 Å². The molecule has 0 N–H and O–H groups in total. The van der Waals surface area contributed by atoms with E-state index in [-0.39, 0.29) is 11.8 Å². The highest BCUT2D eigenvalue weighted by atomic mass is 32.2. The first-order valence-corrected chi connectivity index (χ1v) is 9.69. The smallest absolute Gasteiger partial charge is 0.218 e. The molecule has 7 heteroatoms. The number of aryl methyl sites for hydroxylation is 1.